The second kappa shape index (κ2) is 49.5. The first-order valence-electron chi connectivity index (χ1n) is 5.71. The zero-order valence-corrected chi connectivity index (χ0v) is 25.8. The molecule has 0 radical (unpaired) electrons. The van der Waals surface area contributed by atoms with E-state index in [1.165, 1.54) is 29.1 Å². The van der Waals surface area contributed by atoms with Gasteiger partial charge in [-0.25, -0.2) is 0 Å². The predicted molar refractivity (Wildman–Crippen MR) is 84.5 cm³/mol. The van der Waals surface area contributed by atoms with Gasteiger partial charge >= 0.3 is 81.9 Å². The van der Waals surface area contributed by atoms with E-state index < -0.39 is 0 Å². The van der Waals surface area contributed by atoms with Gasteiger partial charge in [0, 0.05) is 0 Å². The third kappa shape index (κ3) is 60.0. The molecule has 13 heteroatoms. The summed E-state index contributed by atoms with van der Waals surface area (Å²) in [6, 6.07) is 0. The summed E-state index contributed by atoms with van der Waals surface area (Å²) >= 11 is 0. The van der Waals surface area contributed by atoms with Crippen LogP contribution in [-0.2, 0) is 81.9 Å². The Morgan fingerprint density at radius 2 is 1.09 bits per heavy atom. The molecule has 2 heterocycles. The number of hydrogen-bond acceptors (Lipinski definition) is 0. The van der Waals surface area contributed by atoms with Crippen LogP contribution in [0.1, 0.15) is 25.7 Å². The SMILES string of the molecule is C1=CC[N-]CC1.C1CC[N-]CC1.[Cd+2].[Cd+2].[Cd+2].[N-]=[N+]=[N-].[N-]=[N+]=[N-].[NH2-].[NH2-]. The summed E-state index contributed by atoms with van der Waals surface area (Å²) in [4.78, 5) is 3.00. The molecule has 0 aliphatic carbocycles. The number of piperidine rings is 1. The van der Waals surface area contributed by atoms with Gasteiger partial charge in [-0.15, -0.1) is 32.3 Å². The summed E-state index contributed by atoms with van der Waals surface area (Å²) in [5.41, 5.74) is 27.0. The Kier molecular flexibility index (Phi) is 94.5. The molecule has 0 saturated carbocycles. The van der Waals surface area contributed by atoms with E-state index in [9.17, 15) is 0 Å². The fourth-order valence-corrected chi connectivity index (χ4v) is 1.26. The number of nitrogens with two attached hydrogens (primary N) is 2. The molecule has 0 aromatic carbocycles. The fourth-order valence-electron chi connectivity index (χ4n) is 1.26. The van der Waals surface area contributed by atoms with Crippen LogP contribution in [0.2, 0.25) is 0 Å². The van der Waals surface area contributed by atoms with Crippen LogP contribution in [0, 0.1) is 0 Å². The summed E-state index contributed by atoms with van der Waals surface area (Å²) in [5, 5.41) is 8.27. The summed E-state index contributed by atoms with van der Waals surface area (Å²) in [5.74, 6) is 0. The van der Waals surface area contributed by atoms with E-state index in [2.05, 4.69) is 22.8 Å². The molecule has 1 saturated heterocycles. The molecule has 1 fully saturated rings. The second-order valence-corrected chi connectivity index (χ2v) is 3.30. The smallest absolute Gasteiger partial charge is 0.693 e. The average molecular weight is 620 g/mol. The van der Waals surface area contributed by atoms with Gasteiger partial charge in [-0.2, -0.15) is 0 Å². The maximum absolute atomic E-state index is 6.75. The number of hydrogen-bond donors (Lipinski definition) is 0. The van der Waals surface area contributed by atoms with E-state index in [1.807, 2.05) is 0 Å². The van der Waals surface area contributed by atoms with E-state index in [1.54, 1.807) is 0 Å². The van der Waals surface area contributed by atoms with Crippen LogP contribution in [0.25, 0.3) is 54.9 Å². The molecule has 10 nitrogen and oxygen atoms in total. The van der Waals surface area contributed by atoms with E-state index in [-0.39, 0.29) is 94.2 Å². The molecule has 23 heavy (non-hydrogen) atoms. The van der Waals surface area contributed by atoms with Crippen molar-refractivity contribution in [2.75, 3.05) is 26.2 Å². The molecule has 0 aromatic heterocycles. The Morgan fingerprint density at radius 3 is 1.17 bits per heavy atom. The largest absolute Gasteiger partial charge is 2.00 e. The topological polar surface area (TPSA) is 213 Å². The molecule has 2 aliphatic heterocycles. The molecular formula is C10H22Cd3N10. The third-order valence-electron chi connectivity index (χ3n) is 1.99. The van der Waals surface area contributed by atoms with Crippen molar-refractivity contribution in [3.05, 3.63) is 67.0 Å². The summed E-state index contributed by atoms with van der Waals surface area (Å²) in [6.45, 7) is 4.23. The summed E-state index contributed by atoms with van der Waals surface area (Å²) in [6.07, 6.45) is 9.50. The first kappa shape index (κ1) is 43.9. The Balaban J connectivity index is -0.0000000290. The Hall–Kier alpha value is 0.966. The Labute approximate surface area is 198 Å². The normalized spacial score (nSPS) is 12.5. The van der Waals surface area contributed by atoms with Crippen LogP contribution in [0.5, 0.6) is 0 Å². The molecule has 0 spiro atoms. The fraction of sp³-hybridized carbons (Fsp3) is 0.800. The van der Waals surface area contributed by atoms with Gasteiger partial charge in [0.2, 0.25) is 0 Å². The molecule has 2 rings (SSSR count). The van der Waals surface area contributed by atoms with Crippen LogP contribution in [0.15, 0.2) is 12.2 Å². The zero-order valence-electron chi connectivity index (χ0n) is 13.7. The van der Waals surface area contributed by atoms with Gasteiger partial charge in [-0.1, -0.05) is 31.8 Å². The van der Waals surface area contributed by atoms with Gasteiger partial charge in [-0.3, -0.25) is 9.82 Å². The van der Waals surface area contributed by atoms with Crippen LogP contribution >= 0.6 is 0 Å². The van der Waals surface area contributed by atoms with Crippen molar-refractivity contribution in [1.29, 1.82) is 0 Å². The van der Waals surface area contributed by atoms with Crippen molar-refractivity contribution in [3.8, 4) is 0 Å². The maximum Gasteiger partial charge on any atom is 2.00 e. The average Bonchev–Trinajstić information content (AvgIpc) is 2.45. The predicted octanol–water partition coefficient (Wildman–Crippen LogP) is 6.02. The summed E-state index contributed by atoms with van der Waals surface area (Å²) in [7, 11) is 0. The molecule has 4 N–H and O–H groups in total. The van der Waals surface area contributed by atoms with Gasteiger partial charge in [0.25, 0.3) is 0 Å². The van der Waals surface area contributed by atoms with Gasteiger partial charge in [0.15, 0.2) is 0 Å². The van der Waals surface area contributed by atoms with E-state index in [0.717, 1.165) is 32.6 Å². The van der Waals surface area contributed by atoms with E-state index in [4.69, 9.17) is 22.1 Å². The first-order valence-corrected chi connectivity index (χ1v) is 5.71. The summed E-state index contributed by atoms with van der Waals surface area (Å²) < 4.78 is 0. The van der Waals surface area contributed by atoms with Crippen LogP contribution in [-0.4, -0.2) is 26.2 Å². The minimum atomic E-state index is 0. The van der Waals surface area contributed by atoms with Crippen molar-refractivity contribution in [2.24, 2.45) is 0 Å². The number of nitrogens with zero attached hydrogens (tertiary/aromatic N) is 8. The first-order chi connectivity index (χ1) is 8.83. The van der Waals surface area contributed by atoms with Gasteiger partial charge in [0.05, 0.1) is 0 Å². The minimum absolute atomic E-state index is 0. The van der Waals surface area contributed by atoms with Crippen LogP contribution in [0.3, 0.4) is 0 Å². The molecule has 0 unspecified atom stereocenters. The van der Waals surface area contributed by atoms with E-state index >= 15 is 0 Å². The third-order valence-corrected chi connectivity index (χ3v) is 1.99. The van der Waals surface area contributed by atoms with Crippen molar-refractivity contribution in [1.82, 2.24) is 0 Å². The molecule has 118 valence electrons. The minimum Gasteiger partial charge on any atom is -0.693 e. The molecule has 0 aromatic rings. The van der Waals surface area contributed by atoms with Crippen molar-refractivity contribution in [3.63, 3.8) is 0 Å². The van der Waals surface area contributed by atoms with Crippen molar-refractivity contribution < 1.29 is 81.9 Å². The zero-order chi connectivity index (χ0) is 13.9. The molecule has 0 amide bonds. The molecule has 0 atom stereocenters. The molecule has 2 aliphatic rings. The Bertz CT molecular complexity index is 230. The van der Waals surface area contributed by atoms with Gasteiger partial charge in [0.1, 0.15) is 0 Å². The standard InChI is InChI=1S/C5H10N.C5H8N.3Cd.2N3.2H2N/c2*1-2-4-6-5-3-1;;;;2*1-3-2;;/h1-5H2;1-2H,3-5H2;;;;;;2*1H2/q2*-1;3*+2;4*-1. The van der Waals surface area contributed by atoms with Gasteiger partial charge < -0.3 is 45.1 Å². The monoisotopic (exact) mass is 624 g/mol. The van der Waals surface area contributed by atoms with Crippen molar-refractivity contribution in [2.45, 2.75) is 25.7 Å². The maximum atomic E-state index is 6.75. The molecule has 0 bridgehead atoms. The van der Waals surface area contributed by atoms with E-state index in [0.29, 0.717) is 0 Å². The van der Waals surface area contributed by atoms with Gasteiger partial charge in [-0.05, 0) is 0 Å². The van der Waals surface area contributed by atoms with Crippen LogP contribution < -0.4 is 0 Å². The van der Waals surface area contributed by atoms with Crippen molar-refractivity contribution >= 4 is 0 Å². The Morgan fingerprint density at radius 1 is 0.652 bits per heavy atom. The molecular weight excluding hydrogens is 597 g/mol. The second-order valence-electron chi connectivity index (χ2n) is 3.30. The quantitative estimate of drug-likeness (QED) is 0.1000. The van der Waals surface area contributed by atoms with Crippen LogP contribution in [0.4, 0.5) is 0 Å². The number of rotatable bonds is 0.